The van der Waals surface area contributed by atoms with Crippen LogP contribution in [0.1, 0.15) is 34.9 Å². The molecule has 0 radical (unpaired) electrons. The van der Waals surface area contributed by atoms with Gasteiger partial charge in [0.05, 0.1) is 37.0 Å². The van der Waals surface area contributed by atoms with Crippen molar-refractivity contribution in [3.05, 3.63) is 64.6 Å². The predicted molar refractivity (Wildman–Crippen MR) is 132 cm³/mol. The Labute approximate surface area is 213 Å². The number of nitrogen functional groups attached to an aromatic ring is 1. The number of methoxy groups -OCH3 is 1. The molecule has 3 heterocycles. The number of aromatic nitrogens is 3. The first kappa shape index (κ1) is 25.7. The Balaban J connectivity index is 1.48. The van der Waals surface area contributed by atoms with Crippen LogP contribution in [-0.2, 0) is 0 Å². The molecule has 0 aliphatic carbocycles. The van der Waals surface area contributed by atoms with Gasteiger partial charge in [-0.05, 0) is 42.8 Å². The number of aryl methyl sites for hydroxylation is 1. The molecule has 1 unspecified atom stereocenters. The van der Waals surface area contributed by atoms with Gasteiger partial charge in [0.25, 0.3) is 5.88 Å². The third kappa shape index (κ3) is 5.72. The van der Waals surface area contributed by atoms with Gasteiger partial charge in [0, 0.05) is 28.5 Å². The van der Waals surface area contributed by atoms with Crippen LogP contribution in [0.15, 0.2) is 40.4 Å². The number of ketones is 1. The van der Waals surface area contributed by atoms with Gasteiger partial charge in [0.2, 0.25) is 11.5 Å². The molecule has 0 fully saturated rings. The van der Waals surface area contributed by atoms with Crippen LogP contribution in [0.5, 0.6) is 5.88 Å². The van der Waals surface area contributed by atoms with E-state index in [9.17, 15) is 14.0 Å². The molecule has 1 aromatic carbocycles. The van der Waals surface area contributed by atoms with E-state index in [1.807, 2.05) is 0 Å². The molecule has 4 N–H and O–H groups in total. The van der Waals surface area contributed by atoms with Crippen LogP contribution in [0.2, 0.25) is 0 Å². The standard InChI is InChI=1S/C24H22F2N6O4S/c1-11-10-37-23(30-11)21-15(5-14(27)6-16(21)25)13-4-17(26)22(28-8-13)12(2)31-24(34)29-9-18(33)19-7-20(35-3)32-36-19/h4-8,10,12H,9,27H2,1-3H3,(H2,29,31,34). The molecule has 1 atom stereocenters. The molecule has 2 amide bonds. The predicted octanol–water partition coefficient (Wildman–Crippen LogP) is 4.28. The molecule has 0 aliphatic heterocycles. The summed E-state index contributed by atoms with van der Waals surface area (Å²) in [5, 5.41) is 10.6. The zero-order valence-electron chi connectivity index (χ0n) is 20.0. The lowest BCUT2D eigenvalue weighted by atomic mass is 9.99. The summed E-state index contributed by atoms with van der Waals surface area (Å²) in [5.41, 5.74) is 7.51. The average Bonchev–Trinajstić information content (AvgIpc) is 3.51. The van der Waals surface area contributed by atoms with Crippen LogP contribution in [-0.4, -0.2) is 40.6 Å². The van der Waals surface area contributed by atoms with E-state index in [4.69, 9.17) is 15.0 Å². The summed E-state index contributed by atoms with van der Waals surface area (Å²) in [6.07, 6.45) is 1.37. The van der Waals surface area contributed by atoms with E-state index >= 15 is 4.39 Å². The first-order valence-corrected chi connectivity index (χ1v) is 11.8. The summed E-state index contributed by atoms with van der Waals surface area (Å²) in [4.78, 5) is 32.8. The molecule has 192 valence electrons. The molecule has 37 heavy (non-hydrogen) atoms. The highest BCUT2D eigenvalue weighted by atomic mass is 32.1. The second kappa shape index (κ2) is 10.7. The summed E-state index contributed by atoms with van der Waals surface area (Å²) in [5.74, 6) is -1.80. The minimum absolute atomic E-state index is 0.0544. The Hall–Kier alpha value is -4.39. The van der Waals surface area contributed by atoms with E-state index in [0.29, 0.717) is 16.1 Å². The first-order chi connectivity index (χ1) is 17.7. The van der Waals surface area contributed by atoms with Crippen molar-refractivity contribution in [3.8, 4) is 27.6 Å². The number of Topliss-reactive ketones (excluding diaryl/α,β-unsaturated/α-hetero) is 1. The zero-order chi connectivity index (χ0) is 26.7. The number of pyridine rings is 1. The van der Waals surface area contributed by atoms with E-state index in [1.165, 1.54) is 55.8 Å². The lowest BCUT2D eigenvalue weighted by Gasteiger charge is -2.16. The van der Waals surface area contributed by atoms with Crippen LogP contribution in [0.3, 0.4) is 0 Å². The summed E-state index contributed by atoms with van der Waals surface area (Å²) in [6, 6.07) is 3.62. The van der Waals surface area contributed by atoms with Gasteiger partial charge < -0.3 is 25.6 Å². The fraction of sp³-hybridized carbons (Fsp3) is 0.208. The van der Waals surface area contributed by atoms with Gasteiger partial charge in [-0.1, -0.05) is 0 Å². The molecule has 3 aromatic heterocycles. The molecular formula is C24H22F2N6O4S. The Morgan fingerprint density at radius 2 is 2.00 bits per heavy atom. The van der Waals surface area contributed by atoms with Gasteiger partial charge >= 0.3 is 6.03 Å². The van der Waals surface area contributed by atoms with Crippen LogP contribution in [0, 0.1) is 18.6 Å². The number of amides is 2. The van der Waals surface area contributed by atoms with Crippen LogP contribution >= 0.6 is 11.3 Å². The molecule has 4 rings (SSSR count). The van der Waals surface area contributed by atoms with Crippen LogP contribution < -0.4 is 21.1 Å². The van der Waals surface area contributed by atoms with Gasteiger partial charge in [-0.2, -0.15) is 0 Å². The highest BCUT2D eigenvalue weighted by Crippen LogP contribution is 2.38. The number of rotatable bonds is 8. The number of halogens is 2. The number of nitrogens with two attached hydrogens (primary N) is 1. The maximum absolute atomic E-state index is 15.1. The van der Waals surface area contributed by atoms with Gasteiger partial charge in [-0.15, -0.1) is 11.3 Å². The smallest absolute Gasteiger partial charge is 0.315 e. The minimum Gasteiger partial charge on any atom is -0.479 e. The third-order valence-corrected chi connectivity index (χ3v) is 6.24. The van der Waals surface area contributed by atoms with Crippen molar-refractivity contribution in [1.82, 2.24) is 25.8 Å². The second-order valence-electron chi connectivity index (χ2n) is 8.02. The average molecular weight is 529 g/mol. The SMILES string of the molecule is COc1cc(C(=O)CNC(=O)NC(C)c2ncc(-c3cc(N)cc(F)c3-c3nc(C)cs3)cc2F)on1. The molecule has 0 bridgehead atoms. The lowest BCUT2D eigenvalue weighted by molar-refractivity contribution is 0.0956. The molecule has 0 saturated carbocycles. The van der Waals surface area contributed by atoms with Gasteiger partial charge in [0.15, 0.2) is 0 Å². The number of nitrogens with zero attached hydrogens (tertiary/aromatic N) is 3. The second-order valence-corrected chi connectivity index (χ2v) is 8.87. The van der Waals surface area contributed by atoms with Crippen molar-refractivity contribution < 1.29 is 27.6 Å². The zero-order valence-corrected chi connectivity index (χ0v) is 20.8. The fourth-order valence-corrected chi connectivity index (χ4v) is 4.36. The van der Waals surface area contributed by atoms with Crippen molar-refractivity contribution in [2.75, 3.05) is 19.4 Å². The van der Waals surface area contributed by atoms with E-state index < -0.39 is 29.5 Å². The Bertz CT molecular complexity index is 1470. The quantitative estimate of drug-likeness (QED) is 0.227. The van der Waals surface area contributed by atoms with Gasteiger partial charge in [-0.3, -0.25) is 9.78 Å². The lowest BCUT2D eigenvalue weighted by Crippen LogP contribution is -2.40. The van der Waals surface area contributed by atoms with E-state index in [0.717, 1.165) is 5.69 Å². The van der Waals surface area contributed by atoms with Crippen molar-refractivity contribution in [2.24, 2.45) is 0 Å². The largest absolute Gasteiger partial charge is 0.479 e. The van der Waals surface area contributed by atoms with E-state index in [1.54, 1.807) is 12.3 Å². The van der Waals surface area contributed by atoms with Crippen molar-refractivity contribution in [3.63, 3.8) is 0 Å². The maximum Gasteiger partial charge on any atom is 0.315 e. The van der Waals surface area contributed by atoms with E-state index in [-0.39, 0.29) is 35.1 Å². The van der Waals surface area contributed by atoms with Crippen molar-refractivity contribution in [2.45, 2.75) is 19.9 Å². The number of nitrogens with one attached hydrogen (secondary N) is 2. The number of hydrogen-bond donors (Lipinski definition) is 3. The molecule has 0 saturated heterocycles. The molecule has 10 nitrogen and oxygen atoms in total. The maximum atomic E-state index is 15.1. The molecule has 0 spiro atoms. The summed E-state index contributed by atoms with van der Waals surface area (Å²) in [7, 11) is 1.37. The van der Waals surface area contributed by atoms with E-state index in [2.05, 4.69) is 25.8 Å². The number of hydrogen-bond acceptors (Lipinski definition) is 9. The van der Waals surface area contributed by atoms with Gasteiger partial charge in [-0.25, -0.2) is 18.6 Å². The molecular weight excluding hydrogens is 506 g/mol. The highest BCUT2D eigenvalue weighted by Gasteiger charge is 2.21. The molecule has 13 heteroatoms. The molecule has 0 aliphatic rings. The Morgan fingerprint density at radius 3 is 2.65 bits per heavy atom. The van der Waals surface area contributed by atoms with Gasteiger partial charge in [0.1, 0.15) is 16.6 Å². The first-order valence-electron chi connectivity index (χ1n) is 10.9. The number of anilines is 1. The minimum atomic E-state index is -0.854. The number of urea groups is 1. The Kier molecular flexibility index (Phi) is 7.43. The topological polar surface area (TPSA) is 145 Å². The van der Waals surface area contributed by atoms with Crippen molar-refractivity contribution in [1.29, 1.82) is 0 Å². The normalized spacial score (nSPS) is 11.7. The highest BCUT2D eigenvalue weighted by molar-refractivity contribution is 7.13. The number of carbonyl (C=O) groups is 2. The Morgan fingerprint density at radius 1 is 1.22 bits per heavy atom. The van der Waals surface area contributed by atoms with Crippen LogP contribution in [0.25, 0.3) is 21.7 Å². The number of carbonyl (C=O) groups excluding carboxylic acids is 2. The van der Waals surface area contributed by atoms with Crippen LogP contribution in [0.4, 0.5) is 19.3 Å². The number of thiazole rings is 1. The monoisotopic (exact) mass is 528 g/mol. The number of benzene rings is 1. The summed E-state index contributed by atoms with van der Waals surface area (Å²) < 4.78 is 39.6. The summed E-state index contributed by atoms with van der Waals surface area (Å²) in [6.45, 7) is 2.93. The molecule has 4 aromatic rings. The van der Waals surface area contributed by atoms with Crippen molar-refractivity contribution >= 4 is 28.8 Å². The number of ether oxygens (including phenoxy) is 1. The fourth-order valence-electron chi connectivity index (χ4n) is 3.51. The third-order valence-electron chi connectivity index (χ3n) is 5.27. The summed E-state index contributed by atoms with van der Waals surface area (Å²) >= 11 is 1.26.